The van der Waals surface area contributed by atoms with E-state index >= 15 is 0 Å². The van der Waals surface area contributed by atoms with Crippen LogP contribution in [0.2, 0.25) is 5.02 Å². The van der Waals surface area contributed by atoms with Gasteiger partial charge < -0.3 is 4.74 Å². The average Bonchev–Trinajstić information content (AvgIpc) is 3.11. The van der Waals surface area contributed by atoms with Crippen LogP contribution < -0.4 is 9.75 Å². The molecule has 0 aliphatic carbocycles. The van der Waals surface area contributed by atoms with Crippen LogP contribution in [-0.4, -0.2) is 6.61 Å². The largest absolute Gasteiger partial charge is 0.493 e. The highest BCUT2D eigenvalue weighted by atomic mass is 35.5. The molecule has 1 heterocycles. The Morgan fingerprint density at radius 3 is 2.84 bits per heavy atom. The van der Waals surface area contributed by atoms with E-state index in [0.29, 0.717) is 11.6 Å². The van der Waals surface area contributed by atoms with Gasteiger partial charge >= 0.3 is 0 Å². The van der Waals surface area contributed by atoms with Gasteiger partial charge in [0.05, 0.1) is 28.3 Å². The molecule has 0 atom stereocenters. The fourth-order valence-electron chi connectivity index (χ4n) is 2.14. The molecule has 0 saturated heterocycles. The summed E-state index contributed by atoms with van der Waals surface area (Å²) in [4.78, 5) is 10.5. The number of nitroso groups, excluding NO2 is 1. The number of fused-ring (bicyclic) bond motifs is 1. The van der Waals surface area contributed by atoms with Crippen molar-refractivity contribution in [3.05, 3.63) is 46.3 Å². The van der Waals surface area contributed by atoms with Crippen LogP contribution in [0.1, 0.15) is 6.92 Å². The van der Waals surface area contributed by atoms with Crippen molar-refractivity contribution in [1.82, 2.24) is 0 Å². The Labute approximate surface area is 115 Å². The van der Waals surface area contributed by atoms with Crippen LogP contribution in [0.15, 0.2) is 41.7 Å². The Morgan fingerprint density at radius 1 is 1.26 bits per heavy atom. The number of rotatable bonds is 4. The Bertz CT molecular complexity index is 658. The van der Waals surface area contributed by atoms with Crippen molar-refractivity contribution >= 4 is 23.0 Å². The Hall–Kier alpha value is -2.07. The maximum absolute atomic E-state index is 10.5. The van der Waals surface area contributed by atoms with Gasteiger partial charge in [0.15, 0.2) is 0 Å². The second kappa shape index (κ2) is 4.55. The van der Waals surface area contributed by atoms with Crippen LogP contribution in [0.3, 0.4) is 0 Å². The zero-order chi connectivity index (χ0) is 13.4. The quantitative estimate of drug-likeness (QED) is 0.607. The summed E-state index contributed by atoms with van der Waals surface area (Å²) >= 11 is 6.26. The van der Waals surface area contributed by atoms with E-state index in [1.165, 1.54) is 5.01 Å². The van der Waals surface area contributed by atoms with Crippen LogP contribution in [0.5, 0.6) is 5.75 Å². The molecule has 2 aromatic carbocycles. The number of ether oxygens (including phenoxy) is 1. The molecular weight excluding hydrogens is 264 g/mol. The molecule has 5 heteroatoms. The number of halogens is 1. The first-order valence-electron chi connectivity index (χ1n) is 5.95. The number of anilines is 2. The minimum atomic E-state index is 0.570. The van der Waals surface area contributed by atoms with E-state index in [9.17, 15) is 4.91 Å². The van der Waals surface area contributed by atoms with E-state index < -0.39 is 0 Å². The molecule has 19 heavy (non-hydrogen) atoms. The standard InChI is InChI=1S/C14H11ClN2O2/c1-2-19-13-5-3-4-10(15)14(13)9-6-7-11-12(8-9)17(11)16-18/h3-8H,2H2,1H3. The van der Waals surface area contributed by atoms with Crippen LogP contribution >= 0.6 is 11.6 Å². The molecular formula is C14H11ClN2O2. The number of benzene rings is 2. The number of hydrogen-bond acceptors (Lipinski definition) is 3. The fraction of sp³-hybridized carbons (Fsp3) is 0.143. The van der Waals surface area contributed by atoms with Gasteiger partial charge in [-0.3, -0.25) is 0 Å². The Balaban J connectivity index is 2.08. The maximum Gasteiger partial charge on any atom is 0.128 e. The summed E-state index contributed by atoms with van der Waals surface area (Å²) < 4.78 is 5.60. The van der Waals surface area contributed by atoms with E-state index in [2.05, 4.69) is 5.29 Å². The highest BCUT2D eigenvalue weighted by Gasteiger charge is 2.31. The van der Waals surface area contributed by atoms with Crippen molar-refractivity contribution in [3.8, 4) is 16.9 Å². The molecule has 0 aromatic heterocycles. The summed E-state index contributed by atoms with van der Waals surface area (Å²) in [5.74, 6) is 0.737. The molecule has 0 N–H and O–H groups in total. The predicted octanol–water partition coefficient (Wildman–Crippen LogP) is 4.54. The zero-order valence-corrected chi connectivity index (χ0v) is 11.0. The van der Waals surface area contributed by atoms with Gasteiger partial charge in [0, 0.05) is 5.56 Å². The molecule has 96 valence electrons. The van der Waals surface area contributed by atoms with Crippen LogP contribution in [0.4, 0.5) is 11.4 Å². The minimum absolute atomic E-state index is 0.570. The molecule has 0 radical (unpaired) electrons. The van der Waals surface area contributed by atoms with E-state index in [1.54, 1.807) is 0 Å². The summed E-state index contributed by atoms with van der Waals surface area (Å²) in [6, 6.07) is 11.2. The zero-order valence-electron chi connectivity index (χ0n) is 10.3. The first-order valence-corrected chi connectivity index (χ1v) is 6.33. The van der Waals surface area contributed by atoms with Gasteiger partial charge in [-0.1, -0.05) is 23.7 Å². The third-order valence-electron chi connectivity index (χ3n) is 3.03. The van der Waals surface area contributed by atoms with Gasteiger partial charge in [-0.25, -0.2) is 0 Å². The highest BCUT2D eigenvalue weighted by Crippen LogP contribution is 2.51. The molecule has 0 saturated carbocycles. The first-order chi connectivity index (χ1) is 9.26. The lowest BCUT2D eigenvalue weighted by Gasteiger charge is -2.11. The van der Waals surface area contributed by atoms with Gasteiger partial charge in [-0.15, -0.1) is 4.91 Å². The van der Waals surface area contributed by atoms with Gasteiger partial charge in [0.25, 0.3) is 0 Å². The SMILES string of the molecule is CCOc1cccc(Cl)c1-c1ccc2c(c1)N2N=O. The lowest BCUT2D eigenvalue weighted by atomic mass is 10.0. The van der Waals surface area contributed by atoms with Crippen LogP contribution in [-0.2, 0) is 0 Å². The van der Waals surface area contributed by atoms with E-state index in [4.69, 9.17) is 16.3 Å². The van der Waals surface area contributed by atoms with E-state index in [0.717, 1.165) is 28.3 Å². The number of nitrogens with zero attached hydrogens (tertiary/aromatic N) is 2. The lowest BCUT2D eigenvalue weighted by molar-refractivity contribution is 0.341. The smallest absolute Gasteiger partial charge is 0.128 e. The van der Waals surface area contributed by atoms with E-state index in [1.807, 2.05) is 43.3 Å². The number of hydrogen-bond donors (Lipinski definition) is 0. The van der Waals surface area contributed by atoms with Crippen molar-refractivity contribution in [1.29, 1.82) is 0 Å². The summed E-state index contributed by atoms with van der Waals surface area (Å²) in [6.07, 6.45) is 0. The monoisotopic (exact) mass is 274 g/mol. The van der Waals surface area contributed by atoms with Crippen molar-refractivity contribution in [2.45, 2.75) is 6.92 Å². The first kappa shape index (κ1) is 12.0. The van der Waals surface area contributed by atoms with Gasteiger partial charge in [-0.05, 0) is 36.8 Å². The molecule has 3 rings (SSSR count). The normalized spacial score (nSPS) is 12.0. The summed E-state index contributed by atoms with van der Waals surface area (Å²) in [6.45, 7) is 2.50. The maximum atomic E-state index is 10.5. The Morgan fingerprint density at radius 2 is 2.11 bits per heavy atom. The van der Waals surface area contributed by atoms with Crippen LogP contribution in [0, 0.1) is 4.91 Å². The fourth-order valence-corrected chi connectivity index (χ4v) is 2.42. The minimum Gasteiger partial charge on any atom is -0.493 e. The summed E-state index contributed by atoms with van der Waals surface area (Å²) in [7, 11) is 0. The molecule has 0 bridgehead atoms. The lowest BCUT2D eigenvalue weighted by Crippen LogP contribution is -1.94. The molecule has 4 nitrogen and oxygen atoms in total. The molecule has 1 aliphatic rings. The van der Waals surface area contributed by atoms with Crippen molar-refractivity contribution in [3.63, 3.8) is 0 Å². The highest BCUT2D eigenvalue weighted by molar-refractivity contribution is 6.33. The summed E-state index contributed by atoms with van der Waals surface area (Å²) in [5.41, 5.74) is 3.41. The predicted molar refractivity (Wildman–Crippen MR) is 76.0 cm³/mol. The van der Waals surface area contributed by atoms with Crippen LogP contribution in [0.25, 0.3) is 11.1 Å². The molecule has 2 aromatic rings. The second-order valence-electron chi connectivity index (χ2n) is 4.14. The molecule has 1 aliphatic heterocycles. The average molecular weight is 275 g/mol. The third kappa shape index (κ3) is 1.94. The summed E-state index contributed by atoms with van der Waals surface area (Å²) in [5, 5.41) is 4.87. The van der Waals surface area contributed by atoms with E-state index in [-0.39, 0.29) is 0 Å². The van der Waals surface area contributed by atoms with Crippen molar-refractivity contribution < 1.29 is 4.74 Å². The molecule has 0 unspecified atom stereocenters. The molecule has 0 amide bonds. The van der Waals surface area contributed by atoms with Crippen molar-refractivity contribution in [2.75, 3.05) is 11.6 Å². The van der Waals surface area contributed by atoms with Gasteiger partial charge in [0.2, 0.25) is 0 Å². The third-order valence-corrected chi connectivity index (χ3v) is 3.34. The molecule has 0 fully saturated rings. The topological polar surface area (TPSA) is 41.7 Å². The second-order valence-corrected chi connectivity index (χ2v) is 4.55. The van der Waals surface area contributed by atoms with Gasteiger partial charge in [0.1, 0.15) is 5.75 Å². The Kier molecular flexibility index (Phi) is 2.87. The molecule has 0 spiro atoms. The van der Waals surface area contributed by atoms with Gasteiger partial charge in [-0.2, -0.15) is 5.01 Å². The van der Waals surface area contributed by atoms with Crippen molar-refractivity contribution in [2.24, 2.45) is 5.29 Å².